The Balaban J connectivity index is 1.16. The van der Waals surface area contributed by atoms with E-state index in [-0.39, 0.29) is 0 Å². The maximum absolute atomic E-state index is 2.59. The van der Waals surface area contributed by atoms with Crippen molar-refractivity contribution in [2.45, 2.75) is 104 Å². The van der Waals surface area contributed by atoms with Gasteiger partial charge in [-0.1, -0.05) is 132 Å². The summed E-state index contributed by atoms with van der Waals surface area (Å²) in [5, 5.41) is 0. The van der Waals surface area contributed by atoms with E-state index in [0.717, 1.165) is 30.6 Å². The van der Waals surface area contributed by atoms with Crippen LogP contribution in [0.5, 0.6) is 0 Å². The average molecular weight is 483 g/mol. The Hall–Kier alpha value is -2.08. The minimum Gasteiger partial charge on any atom is -0.0876 e. The summed E-state index contributed by atoms with van der Waals surface area (Å²) in [6, 6.07) is 18.3. The Labute approximate surface area is 222 Å². The highest BCUT2D eigenvalue weighted by atomic mass is 14.3. The molecule has 2 atom stereocenters. The first kappa shape index (κ1) is 27.0. The van der Waals surface area contributed by atoms with Crippen LogP contribution in [0.1, 0.15) is 102 Å². The summed E-state index contributed by atoms with van der Waals surface area (Å²) < 4.78 is 0. The monoisotopic (exact) mass is 482 g/mol. The van der Waals surface area contributed by atoms with Gasteiger partial charge in [0.2, 0.25) is 0 Å². The van der Waals surface area contributed by atoms with Gasteiger partial charge >= 0.3 is 0 Å². The fourth-order valence-corrected chi connectivity index (χ4v) is 6.54. The molecule has 0 heterocycles. The van der Waals surface area contributed by atoms with Crippen LogP contribution in [-0.4, -0.2) is 0 Å². The molecular formula is C36H50. The topological polar surface area (TPSA) is 0 Å². The molecule has 2 aliphatic rings. The van der Waals surface area contributed by atoms with Crippen LogP contribution < -0.4 is 0 Å². The van der Waals surface area contributed by atoms with E-state index >= 15 is 0 Å². The Morgan fingerprint density at radius 1 is 0.667 bits per heavy atom. The maximum Gasteiger partial charge on any atom is -0.00532 e. The van der Waals surface area contributed by atoms with Gasteiger partial charge in [-0.25, -0.2) is 0 Å². The van der Waals surface area contributed by atoms with E-state index in [0.29, 0.717) is 5.92 Å². The first-order valence-corrected chi connectivity index (χ1v) is 15.3. The second kappa shape index (κ2) is 14.6. The predicted octanol–water partition coefficient (Wildman–Crippen LogP) is 10.8. The molecule has 0 spiro atoms. The largest absolute Gasteiger partial charge is 0.0876 e. The van der Waals surface area contributed by atoms with Crippen LogP contribution in [0.15, 0.2) is 72.8 Å². The van der Waals surface area contributed by atoms with E-state index in [1.807, 2.05) is 0 Å². The molecule has 1 fully saturated rings. The standard InChI is InChI=1S/C36H50/c1-3-5-6-10-30-15-23-35(24-16-30)36-27-19-32(20-28-36)12-8-7-11-31-17-25-34(26-18-31)33-21-13-29(9-4-2)14-22-33/h8,12-14,17-19,21-22,25-27,30,32,35-36H,3-7,9-11,15-16,20,23-24,28H2,1-2H3/b12-8+. The molecule has 2 unspecified atom stereocenters. The van der Waals surface area contributed by atoms with Gasteiger partial charge in [0.25, 0.3) is 0 Å². The van der Waals surface area contributed by atoms with Gasteiger partial charge in [0, 0.05) is 0 Å². The van der Waals surface area contributed by atoms with Crippen LogP contribution in [0.2, 0.25) is 0 Å². The number of hydrogen-bond acceptors (Lipinski definition) is 0. The number of rotatable bonds is 12. The van der Waals surface area contributed by atoms with Crippen LogP contribution in [0.25, 0.3) is 11.1 Å². The highest BCUT2D eigenvalue weighted by Crippen LogP contribution is 2.40. The number of hydrogen-bond donors (Lipinski definition) is 0. The zero-order valence-corrected chi connectivity index (χ0v) is 23.1. The van der Waals surface area contributed by atoms with Crippen molar-refractivity contribution in [2.75, 3.05) is 0 Å². The van der Waals surface area contributed by atoms with Crippen molar-refractivity contribution in [3.8, 4) is 11.1 Å². The second-order valence-corrected chi connectivity index (χ2v) is 11.7. The summed E-state index contributed by atoms with van der Waals surface area (Å²) in [7, 11) is 0. The lowest BCUT2D eigenvalue weighted by Gasteiger charge is -2.34. The van der Waals surface area contributed by atoms with Crippen molar-refractivity contribution in [2.24, 2.45) is 23.7 Å². The van der Waals surface area contributed by atoms with Crippen LogP contribution in [0, 0.1) is 23.7 Å². The fraction of sp³-hybridized carbons (Fsp3) is 0.556. The highest BCUT2D eigenvalue weighted by molar-refractivity contribution is 5.64. The molecular weight excluding hydrogens is 432 g/mol. The highest BCUT2D eigenvalue weighted by Gasteiger charge is 2.27. The summed E-state index contributed by atoms with van der Waals surface area (Å²) >= 11 is 0. The lowest BCUT2D eigenvalue weighted by Crippen LogP contribution is -2.23. The molecule has 0 radical (unpaired) electrons. The lowest BCUT2D eigenvalue weighted by molar-refractivity contribution is 0.206. The molecule has 36 heavy (non-hydrogen) atoms. The first-order valence-electron chi connectivity index (χ1n) is 15.3. The van der Waals surface area contributed by atoms with Gasteiger partial charge in [0.1, 0.15) is 0 Å². The van der Waals surface area contributed by atoms with E-state index < -0.39 is 0 Å². The molecule has 2 aliphatic carbocycles. The predicted molar refractivity (Wildman–Crippen MR) is 158 cm³/mol. The van der Waals surface area contributed by atoms with Crippen LogP contribution in [-0.2, 0) is 12.8 Å². The Morgan fingerprint density at radius 3 is 1.92 bits per heavy atom. The quantitative estimate of drug-likeness (QED) is 0.208. The molecule has 0 aromatic heterocycles. The molecule has 0 nitrogen and oxygen atoms in total. The second-order valence-electron chi connectivity index (χ2n) is 11.7. The fourth-order valence-electron chi connectivity index (χ4n) is 6.54. The zero-order chi connectivity index (χ0) is 25.0. The van der Waals surface area contributed by atoms with E-state index in [1.165, 1.54) is 99.3 Å². The van der Waals surface area contributed by atoms with Gasteiger partial charge < -0.3 is 0 Å². The van der Waals surface area contributed by atoms with Gasteiger partial charge in [-0.3, -0.25) is 0 Å². The molecule has 1 saturated carbocycles. The molecule has 0 aliphatic heterocycles. The Morgan fingerprint density at radius 2 is 1.33 bits per heavy atom. The van der Waals surface area contributed by atoms with Crippen molar-refractivity contribution >= 4 is 0 Å². The van der Waals surface area contributed by atoms with Gasteiger partial charge in [-0.15, -0.1) is 0 Å². The van der Waals surface area contributed by atoms with Crippen molar-refractivity contribution in [3.05, 3.63) is 84.0 Å². The summed E-state index contributed by atoms with van der Waals surface area (Å²) in [5.74, 6) is 3.51. The molecule has 194 valence electrons. The van der Waals surface area contributed by atoms with Crippen molar-refractivity contribution < 1.29 is 0 Å². The number of benzene rings is 2. The van der Waals surface area contributed by atoms with E-state index in [4.69, 9.17) is 0 Å². The molecule has 0 saturated heterocycles. The van der Waals surface area contributed by atoms with E-state index in [2.05, 4.69) is 86.7 Å². The van der Waals surface area contributed by atoms with Crippen LogP contribution >= 0.6 is 0 Å². The number of aryl methyl sites for hydroxylation is 2. The van der Waals surface area contributed by atoms with Crippen LogP contribution in [0.3, 0.4) is 0 Å². The molecule has 0 N–H and O–H groups in total. The summed E-state index contributed by atoms with van der Waals surface area (Å²) in [6.07, 6.45) is 29.1. The van der Waals surface area contributed by atoms with Gasteiger partial charge in [-0.05, 0) is 90.9 Å². The van der Waals surface area contributed by atoms with Gasteiger partial charge in [-0.2, -0.15) is 0 Å². The van der Waals surface area contributed by atoms with Gasteiger partial charge in [0.05, 0.1) is 0 Å². The molecule has 4 rings (SSSR count). The number of allylic oxidation sites excluding steroid dienone is 4. The molecule has 0 amide bonds. The first-order chi connectivity index (χ1) is 17.7. The summed E-state index contributed by atoms with van der Waals surface area (Å²) in [6.45, 7) is 4.56. The van der Waals surface area contributed by atoms with Crippen molar-refractivity contribution in [1.82, 2.24) is 0 Å². The van der Waals surface area contributed by atoms with Crippen molar-refractivity contribution in [3.63, 3.8) is 0 Å². The number of unbranched alkanes of at least 4 members (excludes halogenated alkanes) is 2. The van der Waals surface area contributed by atoms with Crippen molar-refractivity contribution in [1.29, 1.82) is 0 Å². The Bertz CT molecular complexity index is 921. The minimum absolute atomic E-state index is 0.657. The average Bonchev–Trinajstić information content (AvgIpc) is 2.93. The van der Waals surface area contributed by atoms with E-state index in [9.17, 15) is 0 Å². The molecule has 0 heteroatoms. The normalized spacial score (nSPS) is 24.4. The summed E-state index contributed by atoms with van der Waals surface area (Å²) in [5.41, 5.74) is 5.52. The Kier molecular flexibility index (Phi) is 10.9. The third-order valence-electron chi connectivity index (χ3n) is 8.91. The van der Waals surface area contributed by atoms with Crippen LogP contribution in [0.4, 0.5) is 0 Å². The third kappa shape index (κ3) is 8.22. The van der Waals surface area contributed by atoms with Gasteiger partial charge in [0.15, 0.2) is 0 Å². The molecule has 2 aromatic rings. The molecule has 2 aromatic carbocycles. The van der Waals surface area contributed by atoms with E-state index in [1.54, 1.807) is 0 Å². The smallest absolute Gasteiger partial charge is 0.00532 e. The third-order valence-corrected chi connectivity index (χ3v) is 8.91. The zero-order valence-electron chi connectivity index (χ0n) is 23.1. The minimum atomic E-state index is 0.657. The lowest BCUT2D eigenvalue weighted by atomic mass is 9.71. The molecule has 0 bridgehead atoms. The maximum atomic E-state index is 2.59. The SMILES string of the molecule is CCCCCC1CCC(C2C=CC(/C=C/CCc3ccc(-c4ccc(CCC)cc4)cc3)CC2)CC1. The summed E-state index contributed by atoms with van der Waals surface area (Å²) in [4.78, 5) is 0.